The second kappa shape index (κ2) is 7.91. The average Bonchev–Trinajstić information content (AvgIpc) is 2.62. The molecule has 0 aliphatic carbocycles. The summed E-state index contributed by atoms with van der Waals surface area (Å²) in [5, 5.41) is 18.6. The molecule has 0 aromatic heterocycles. The summed E-state index contributed by atoms with van der Waals surface area (Å²) in [7, 11) is 0. The molecule has 0 radical (unpaired) electrons. The first-order valence-electron chi connectivity index (χ1n) is 8.03. The highest BCUT2D eigenvalue weighted by atomic mass is 16.5. The van der Waals surface area contributed by atoms with Gasteiger partial charge >= 0.3 is 6.03 Å². The summed E-state index contributed by atoms with van der Waals surface area (Å²) in [5.41, 5.74) is 5.11. The van der Waals surface area contributed by atoms with Crippen LogP contribution in [0.1, 0.15) is 0 Å². The van der Waals surface area contributed by atoms with E-state index in [-0.39, 0.29) is 11.4 Å². The minimum atomic E-state index is -0.917. The van der Waals surface area contributed by atoms with Gasteiger partial charge in [-0.25, -0.2) is 4.79 Å². The number of azo groups is 1. The van der Waals surface area contributed by atoms with Crippen molar-refractivity contribution in [3.63, 3.8) is 0 Å². The van der Waals surface area contributed by atoms with E-state index >= 15 is 0 Å². The van der Waals surface area contributed by atoms with E-state index < -0.39 is 6.03 Å². The third-order valence-corrected chi connectivity index (χ3v) is 3.98. The normalized spacial score (nSPS) is 15.7. The molecule has 132 valence electrons. The fourth-order valence-corrected chi connectivity index (χ4v) is 2.66. The Morgan fingerprint density at radius 2 is 2.04 bits per heavy atom. The van der Waals surface area contributed by atoms with Gasteiger partial charge in [-0.2, -0.15) is 0 Å². The van der Waals surface area contributed by atoms with Gasteiger partial charge in [0, 0.05) is 25.0 Å². The molecule has 0 spiro atoms. The van der Waals surface area contributed by atoms with Crippen LogP contribution in [0.3, 0.4) is 0 Å². The number of phenols is 1. The van der Waals surface area contributed by atoms with Crippen molar-refractivity contribution in [2.75, 3.05) is 39.5 Å². The van der Waals surface area contributed by atoms with Crippen LogP contribution in [0.2, 0.25) is 0 Å². The van der Waals surface area contributed by atoms with Gasteiger partial charge < -0.3 is 20.3 Å². The van der Waals surface area contributed by atoms with Crippen LogP contribution in [0, 0.1) is 0 Å². The fraction of sp³-hybridized carbons (Fsp3) is 0.353. The van der Waals surface area contributed by atoms with E-state index in [1.54, 1.807) is 18.2 Å². The highest BCUT2D eigenvalue weighted by molar-refractivity contribution is 5.93. The molecule has 2 amide bonds. The highest BCUT2D eigenvalue weighted by Crippen LogP contribution is 2.36. The Kier molecular flexibility index (Phi) is 5.42. The summed E-state index contributed by atoms with van der Waals surface area (Å²) >= 11 is 0. The lowest BCUT2D eigenvalue weighted by atomic mass is 10.1. The Morgan fingerprint density at radius 1 is 1.28 bits per heavy atom. The molecule has 1 saturated heterocycles. The number of carbonyl (C=O) groups is 1. The van der Waals surface area contributed by atoms with Gasteiger partial charge in [-0.1, -0.05) is 17.2 Å². The number of hydrogen-bond acceptors (Lipinski definition) is 6. The average molecular weight is 344 g/mol. The van der Waals surface area contributed by atoms with Crippen LogP contribution in [-0.2, 0) is 4.74 Å². The van der Waals surface area contributed by atoms with Gasteiger partial charge in [-0.3, -0.25) is 4.90 Å². The monoisotopic (exact) mass is 344 g/mol. The van der Waals surface area contributed by atoms with Crippen molar-refractivity contribution < 1.29 is 19.4 Å². The molecule has 2 aromatic carbocycles. The first-order valence-corrected chi connectivity index (χ1v) is 8.03. The largest absolute Gasteiger partial charge is 0.505 e. The zero-order valence-electron chi connectivity index (χ0n) is 13.7. The molecule has 3 rings (SSSR count). The molecule has 1 heterocycles. The topological polar surface area (TPSA) is 110 Å². The van der Waals surface area contributed by atoms with Gasteiger partial charge in [0.05, 0.1) is 13.2 Å². The Hall–Kier alpha value is -2.71. The van der Waals surface area contributed by atoms with Crippen molar-refractivity contribution in [3.05, 3.63) is 30.3 Å². The summed E-state index contributed by atoms with van der Waals surface area (Å²) in [4.78, 5) is 13.0. The molecule has 1 fully saturated rings. The predicted octanol–water partition coefficient (Wildman–Crippen LogP) is 2.42. The standard InChI is InChI=1S/C17H20N4O4/c18-17(23)20-19-15-4-2-12-1-3-13(11-14(12)16(15)22)25-10-7-21-5-8-24-9-6-21/h1-4,11,22H,5-10H2,(H2,18,23). The van der Waals surface area contributed by atoms with Crippen LogP contribution < -0.4 is 10.5 Å². The number of nitrogens with zero attached hydrogens (tertiary/aromatic N) is 3. The second-order valence-corrected chi connectivity index (χ2v) is 5.66. The number of amides is 2. The first kappa shape index (κ1) is 17.1. The molecule has 3 N–H and O–H groups in total. The summed E-state index contributed by atoms with van der Waals surface area (Å²) in [6.45, 7) is 4.71. The van der Waals surface area contributed by atoms with E-state index in [9.17, 15) is 9.90 Å². The lowest BCUT2D eigenvalue weighted by Gasteiger charge is -2.26. The molecule has 8 heteroatoms. The molecular weight excluding hydrogens is 324 g/mol. The van der Waals surface area contributed by atoms with E-state index in [4.69, 9.17) is 15.2 Å². The smallest absolute Gasteiger partial charge is 0.356 e. The van der Waals surface area contributed by atoms with Crippen molar-refractivity contribution >= 4 is 22.5 Å². The zero-order valence-corrected chi connectivity index (χ0v) is 13.7. The van der Waals surface area contributed by atoms with Crippen LogP contribution in [0.4, 0.5) is 10.5 Å². The Morgan fingerprint density at radius 3 is 2.80 bits per heavy atom. The molecule has 25 heavy (non-hydrogen) atoms. The van der Waals surface area contributed by atoms with Crippen molar-refractivity contribution in [2.24, 2.45) is 16.0 Å². The Bertz CT molecular complexity index is 788. The zero-order chi connectivity index (χ0) is 17.6. The van der Waals surface area contributed by atoms with E-state index in [2.05, 4.69) is 15.1 Å². The maximum atomic E-state index is 10.7. The molecule has 1 aliphatic heterocycles. The van der Waals surface area contributed by atoms with Crippen LogP contribution in [0.25, 0.3) is 10.8 Å². The minimum absolute atomic E-state index is 0.0684. The van der Waals surface area contributed by atoms with Crippen LogP contribution in [0.15, 0.2) is 40.6 Å². The number of carbonyl (C=O) groups excluding carboxylic acids is 1. The third kappa shape index (κ3) is 4.43. The maximum Gasteiger partial charge on any atom is 0.356 e. The highest BCUT2D eigenvalue weighted by Gasteiger charge is 2.11. The van der Waals surface area contributed by atoms with Gasteiger partial charge in [0.15, 0.2) is 5.75 Å². The van der Waals surface area contributed by atoms with E-state index in [0.717, 1.165) is 38.2 Å². The number of rotatable bonds is 5. The molecule has 1 aliphatic rings. The predicted molar refractivity (Wildman–Crippen MR) is 92.5 cm³/mol. The van der Waals surface area contributed by atoms with E-state index in [1.165, 1.54) is 0 Å². The molecule has 0 unspecified atom stereocenters. The number of phenolic OH excluding ortho intramolecular Hbond substituents is 1. The lowest BCUT2D eigenvalue weighted by Crippen LogP contribution is -2.38. The Balaban J connectivity index is 1.71. The SMILES string of the molecule is NC(=O)N=Nc1ccc2ccc(OCCN3CCOCC3)cc2c1O. The number of benzene rings is 2. The van der Waals surface area contributed by atoms with Crippen molar-refractivity contribution in [1.82, 2.24) is 4.90 Å². The quantitative estimate of drug-likeness (QED) is 0.810. The van der Waals surface area contributed by atoms with Crippen LogP contribution in [-0.4, -0.2) is 55.5 Å². The molecule has 8 nitrogen and oxygen atoms in total. The molecular formula is C17H20N4O4. The Labute approximate surface area is 144 Å². The third-order valence-electron chi connectivity index (χ3n) is 3.98. The first-order chi connectivity index (χ1) is 12.1. The number of ether oxygens (including phenoxy) is 2. The van der Waals surface area contributed by atoms with Gasteiger partial charge in [-0.15, -0.1) is 5.11 Å². The summed E-state index contributed by atoms with van der Waals surface area (Å²) in [6.07, 6.45) is 0. The van der Waals surface area contributed by atoms with Crippen LogP contribution >= 0.6 is 0 Å². The second-order valence-electron chi connectivity index (χ2n) is 5.66. The van der Waals surface area contributed by atoms with Gasteiger partial charge in [0.2, 0.25) is 0 Å². The van der Waals surface area contributed by atoms with Gasteiger partial charge in [0.1, 0.15) is 18.0 Å². The van der Waals surface area contributed by atoms with E-state index in [0.29, 0.717) is 17.7 Å². The van der Waals surface area contributed by atoms with Gasteiger partial charge in [-0.05, 0) is 23.6 Å². The number of morpholine rings is 1. The summed E-state index contributed by atoms with van der Waals surface area (Å²) in [6, 6.07) is 7.89. The molecule has 0 saturated carbocycles. The van der Waals surface area contributed by atoms with Crippen molar-refractivity contribution in [1.29, 1.82) is 0 Å². The molecule has 2 aromatic rings. The fourth-order valence-electron chi connectivity index (χ4n) is 2.66. The number of primary amides is 1. The molecule has 0 atom stereocenters. The number of aromatic hydroxyl groups is 1. The van der Waals surface area contributed by atoms with Gasteiger partial charge in [0.25, 0.3) is 0 Å². The minimum Gasteiger partial charge on any atom is -0.505 e. The van der Waals surface area contributed by atoms with Crippen molar-refractivity contribution in [2.45, 2.75) is 0 Å². The van der Waals surface area contributed by atoms with Crippen molar-refractivity contribution in [3.8, 4) is 11.5 Å². The lowest BCUT2D eigenvalue weighted by molar-refractivity contribution is 0.0322. The van der Waals surface area contributed by atoms with Crippen LogP contribution in [0.5, 0.6) is 11.5 Å². The number of nitrogens with two attached hydrogens (primary N) is 1. The van der Waals surface area contributed by atoms with E-state index in [1.807, 2.05) is 12.1 Å². The maximum absolute atomic E-state index is 10.7. The summed E-state index contributed by atoms with van der Waals surface area (Å²) in [5.74, 6) is 0.584. The number of urea groups is 1. The molecule has 0 bridgehead atoms. The number of fused-ring (bicyclic) bond motifs is 1. The number of hydrogen-bond donors (Lipinski definition) is 2. The summed E-state index contributed by atoms with van der Waals surface area (Å²) < 4.78 is 11.1.